The van der Waals surface area contributed by atoms with Crippen LogP contribution in [-0.4, -0.2) is 26.8 Å². The highest BCUT2D eigenvalue weighted by Crippen LogP contribution is 2.23. The zero-order valence-electron chi connectivity index (χ0n) is 10.4. The molecule has 0 saturated heterocycles. The van der Waals surface area contributed by atoms with Crippen LogP contribution in [0.25, 0.3) is 0 Å². The lowest BCUT2D eigenvalue weighted by Gasteiger charge is -2.09. The second-order valence-electron chi connectivity index (χ2n) is 3.87. The van der Waals surface area contributed by atoms with E-state index >= 15 is 0 Å². The number of rotatable bonds is 3. The minimum absolute atomic E-state index is 0.792. The van der Waals surface area contributed by atoms with Crippen molar-refractivity contribution in [2.75, 3.05) is 17.7 Å². The molecule has 0 saturated carbocycles. The molecule has 0 atom stereocenters. The van der Waals surface area contributed by atoms with Crippen LogP contribution in [0.15, 0.2) is 12.5 Å². The molecule has 0 aliphatic carbocycles. The van der Waals surface area contributed by atoms with Gasteiger partial charge in [-0.2, -0.15) is 5.10 Å². The molecule has 0 aliphatic rings. The normalized spacial score (nSPS) is 10.4. The first-order chi connectivity index (χ1) is 8.11. The Morgan fingerprint density at radius 3 is 2.47 bits per heavy atom. The van der Waals surface area contributed by atoms with E-state index in [9.17, 15) is 0 Å². The van der Waals surface area contributed by atoms with Gasteiger partial charge in [0.15, 0.2) is 0 Å². The Morgan fingerprint density at radius 2 is 1.88 bits per heavy atom. The first-order valence-corrected chi connectivity index (χ1v) is 5.38. The van der Waals surface area contributed by atoms with Crippen molar-refractivity contribution in [1.29, 1.82) is 0 Å². The van der Waals surface area contributed by atoms with Crippen LogP contribution >= 0.6 is 0 Å². The summed E-state index contributed by atoms with van der Waals surface area (Å²) in [4.78, 5) is 8.38. The van der Waals surface area contributed by atoms with Gasteiger partial charge >= 0.3 is 0 Å². The molecule has 0 unspecified atom stereocenters. The summed E-state index contributed by atoms with van der Waals surface area (Å²) in [6, 6.07) is 0. The highest BCUT2D eigenvalue weighted by molar-refractivity contribution is 5.64. The first kappa shape index (κ1) is 11.4. The highest BCUT2D eigenvalue weighted by Gasteiger charge is 2.08. The number of aromatic nitrogens is 4. The Kier molecular flexibility index (Phi) is 2.95. The number of nitrogens with zero attached hydrogens (tertiary/aromatic N) is 4. The Morgan fingerprint density at radius 1 is 1.18 bits per heavy atom. The van der Waals surface area contributed by atoms with E-state index in [0.29, 0.717) is 0 Å². The largest absolute Gasteiger partial charge is 0.373 e. The van der Waals surface area contributed by atoms with Crippen molar-refractivity contribution in [3.05, 3.63) is 23.8 Å². The van der Waals surface area contributed by atoms with E-state index in [1.807, 2.05) is 34.1 Å². The molecule has 0 fully saturated rings. The first-order valence-electron chi connectivity index (χ1n) is 5.38. The second-order valence-corrected chi connectivity index (χ2v) is 3.87. The predicted octanol–water partition coefficient (Wildman–Crippen LogP) is 1.61. The highest BCUT2D eigenvalue weighted by atomic mass is 15.3. The third kappa shape index (κ3) is 2.20. The van der Waals surface area contributed by atoms with E-state index in [1.54, 1.807) is 4.68 Å². The molecule has 2 aromatic rings. The van der Waals surface area contributed by atoms with Crippen LogP contribution in [0.5, 0.6) is 0 Å². The van der Waals surface area contributed by atoms with Crippen molar-refractivity contribution in [3.63, 3.8) is 0 Å². The van der Waals surface area contributed by atoms with Crippen molar-refractivity contribution in [2.45, 2.75) is 13.8 Å². The van der Waals surface area contributed by atoms with E-state index < -0.39 is 0 Å². The van der Waals surface area contributed by atoms with Crippen LogP contribution in [0.4, 0.5) is 17.3 Å². The van der Waals surface area contributed by atoms with Gasteiger partial charge in [0.05, 0.1) is 11.4 Å². The van der Waals surface area contributed by atoms with E-state index in [2.05, 4.69) is 25.7 Å². The van der Waals surface area contributed by atoms with Gasteiger partial charge in [0.25, 0.3) is 0 Å². The number of hydrogen-bond acceptors (Lipinski definition) is 5. The molecule has 0 aromatic carbocycles. The summed E-state index contributed by atoms with van der Waals surface area (Å²) < 4.78 is 1.77. The van der Waals surface area contributed by atoms with Gasteiger partial charge < -0.3 is 10.6 Å². The average molecular weight is 232 g/mol. The molecule has 2 heterocycles. The number of anilines is 3. The van der Waals surface area contributed by atoms with E-state index in [0.717, 1.165) is 28.6 Å². The number of aryl methyl sites for hydroxylation is 2. The molecule has 2 N–H and O–H groups in total. The maximum Gasteiger partial charge on any atom is 0.138 e. The van der Waals surface area contributed by atoms with Gasteiger partial charge in [0, 0.05) is 25.9 Å². The standard InChI is InChI=1S/C11H16N6/c1-7-10(12-3)13-6-14-11(7)15-9-5-17(4)16-8(9)2/h5-6H,1-4H3,(H2,12,13,14,15). The Hall–Kier alpha value is -2.11. The molecule has 0 bridgehead atoms. The van der Waals surface area contributed by atoms with Gasteiger partial charge in [0.1, 0.15) is 18.0 Å². The monoisotopic (exact) mass is 232 g/mol. The number of nitrogens with one attached hydrogen (secondary N) is 2. The molecule has 2 aromatic heterocycles. The summed E-state index contributed by atoms with van der Waals surface area (Å²) in [7, 11) is 3.73. The van der Waals surface area contributed by atoms with Gasteiger partial charge in [-0.1, -0.05) is 0 Å². The zero-order valence-corrected chi connectivity index (χ0v) is 10.4. The van der Waals surface area contributed by atoms with Crippen molar-refractivity contribution in [3.8, 4) is 0 Å². The van der Waals surface area contributed by atoms with Gasteiger partial charge in [-0.15, -0.1) is 0 Å². The van der Waals surface area contributed by atoms with Crippen LogP contribution < -0.4 is 10.6 Å². The molecular weight excluding hydrogens is 216 g/mol. The summed E-state index contributed by atoms with van der Waals surface area (Å²) in [5.41, 5.74) is 2.88. The van der Waals surface area contributed by atoms with Crippen molar-refractivity contribution in [2.24, 2.45) is 7.05 Å². The Bertz CT molecular complexity index is 531. The Balaban J connectivity index is 2.33. The third-order valence-corrected chi connectivity index (χ3v) is 2.59. The van der Waals surface area contributed by atoms with Gasteiger partial charge in [-0.25, -0.2) is 9.97 Å². The molecule has 2 rings (SSSR count). The smallest absolute Gasteiger partial charge is 0.138 e. The van der Waals surface area contributed by atoms with Crippen molar-refractivity contribution in [1.82, 2.24) is 19.7 Å². The molecule has 6 heteroatoms. The fraction of sp³-hybridized carbons (Fsp3) is 0.364. The SMILES string of the molecule is CNc1ncnc(Nc2cn(C)nc2C)c1C. The summed E-state index contributed by atoms with van der Waals surface area (Å²) >= 11 is 0. The summed E-state index contributed by atoms with van der Waals surface area (Å²) in [6.45, 7) is 3.93. The van der Waals surface area contributed by atoms with Crippen LogP contribution in [0.3, 0.4) is 0 Å². The van der Waals surface area contributed by atoms with Gasteiger partial charge in [-0.05, 0) is 13.8 Å². The van der Waals surface area contributed by atoms with Crippen LogP contribution in [0.2, 0.25) is 0 Å². The molecule has 17 heavy (non-hydrogen) atoms. The summed E-state index contributed by atoms with van der Waals surface area (Å²) in [5.74, 6) is 1.62. The minimum atomic E-state index is 0.792. The summed E-state index contributed by atoms with van der Waals surface area (Å²) in [6.07, 6.45) is 3.46. The summed E-state index contributed by atoms with van der Waals surface area (Å²) in [5, 5.41) is 10.6. The fourth-order valence-electron chi connectivity index (χ4n) is 1.68. The Labute approximate surface area is 100 Å². The van der Waals surface area contributed by atoms with Crippen LogP contribution in [0, 0.1) is 13.8 Å². The lowest BCUT2D eigenvalue weighted by atomic mass is 10.3. The average Bonchev–Trinajstić information content (AvgIpc) is 2.60. The second kappa shape index (κ2) is 4.40. The minimum Gasteiger partial charge on any atom is -0.373 e. The molecule has 90 valence electrons. The molecule has 0 spiro atoms. The van der Waals surface area contributed by atoms with E-state index in [4.69, 9.17) is 0 Å². The number of hydrogen-bond donors (Lipinski definition) is 2. The van der Waals surface area contributed by atoms with Crippen LogP contribution in [0.1, 0.15) is 11.3 Å². The fourth-order valence-corrected chi connectivity index (χ4v) is 1.68. The maximum absolute atomic E-state index is 4.27. The van der Waals surface area contributed by atoms with E-state index in [1.165, 1.54) is 6.33 Å². The third-order valence-electron chi connectivity index (χ3n) is 2.59. The van der Waals surface area contributed by atoms with Gasteiger partial charge in [0.2, 0.25) is 0 Å². The van der Waals surface area contributed by atoms with Crippen molar-refractivity contribution < 1.29 is 0 Å². The lowest BCUT2D eigenvalue weighted by molar-refractivity contribution is 0.756. The molecular formula is C11H16N6. The van der Waals surface area contributed by atoms with Crippen molar-refractivity contribution >= 4 is 17.3 Å². The molecule has 0 aliphatic heterocycles. The van der Waals surface area contributed by atoms with Gasteiger partial charge in [-0.3, -0.25) is 4.68 Å². The topological polar surface area (TPSA) is 67.7 Å². The predicted molar refractivity (Wildman–Crippen MR) is 67.5 cm³/mol. The quantitative estimate of drug-likeness (QED) is 0.841. The lowest BCUT2D eigenvalue weighted by Crippen LogP contribution is -2.02. The zero-order chi connectivity index (χ0) is 12.4. The maximum atomic E-state index is 4.27. The molecule has 6 nitrogen and oxygen atoms in total. The molecule has 0 radical (unpaired) electrons. The van der Waals surface area contributed by atoms with E-state index in [-0.39, 0.29) is 0 Å². The van der Waals surface area contributed by atoms with Crippen LogP contribution in [-0.2, 0) is 7.05 Å². The molecule has 0 amide bonds.